The molecule has 2 aromatic carbocycles. The van der Waals surface area contributed by atoms with Crippen LogP contribution in [0.15, 0.2) is 53.4 Å². The van der Waals surface area contributed by atoms with Crippen molar-refractivity contribution in [1.82, 2.24) is 0 Å². The molecule has 0 spiro atoms. The second-order valence-electron chi connectivity index (χ2n) is 4.26. The van der Waals surface area contributed by atoms with E-state index in [0.29, 0.717) is 5.02 Å². The molecular formula is C14H10ClF2NO3S. The van der Waals surface area contributed by atoms with Gasteiger partial charge >= 0.3 is 5.76 Å². The van der Waals surface area contributed by atoms with E-state index in [1.165, 1.54) is 42.5 Å². The number of para-hydroxylation sites is 1. The lowest BCUT2D eigenvalue weighted by Crippen LogP contribution is -2.17. The number of rotatable bonds is 4. The number of alkyl halides is 2. The van der Waals surface area contributed by atoms with Crippen LogP contribution >= 0.6 is 11.6 Å². The second-order valence-corrected chi connectivity index (χ2v) is 6.59. The molecule has 0 aromatic heterocycles. The summed E-state index contributed by atoms with van der Waals surface area (Å²) >= 11 is 5.70. The highest BCUT2D eigenvalue weighted by molar-refractivity contribution is 7.91. The first-order valence-corrected chi connectivity index (χ1v) is 7.93. The molecule has 116 valence electrons. The quantitative estimate of drug-likeness (QED) is 0.921. The Balaban J connectivity index is 2.35. The fourth-order valence-corrected chi connectivity index (χ4v) is 2.72. The Morgan fingerprint density at radius 2 is 1.64 bits per heavy atom. The Morgan fingerprint density at radius 1 is 1.05 bits per heavy atom. The first-order valence-electron chi connectivity index (χ1n) is 6.00. The van der Waals surface area contributed by atoms with Gasteiger partial charge in [-0.25, -0.2) is 8.42 Å². The van der Waals surface area contributed by atoms with Gasteiger partial charge in [0.2, 0.25) is 9.84 Å². The number of hydrogen-bond acceptors (Lipinski definition) is 3. The first-order chi connectivity index (χ1) is 10.3. The molecule has 22 heavy (non-hydrogen) atoms. The van der Waals surface area contributed by atoms with E-state index in [-0.39, 0.29) is 11.3 Å². The van der Waals surface area contributed by atoms with E-state index in [0.717, 1.165) is 6.07 Å². The van der Waals surface area contributed by atoms with Crippen LogP contribution in [-0.2, 0) is 9.84 Å². The molecule has 0 unspecified atom stereocenters. The average Bonchev–Trinajstić information content (AvgIpc) is 2.48. The molecule has 0 aliphatic carbocycles. The summed E-state index contributed by atoms with van der Waals surface area (Å²) in [6.07, 6.45) is 0. The van der Waals surface area contributed by atoms with Crippen molar-refractivity contribution in [3.8, 4) is 0 Å². The van der Waals surface area contributed by atoms with E-state index in [1.54, 1.807) is 0 Å². The average molecular weight is 346 g/mol. The molecule has 1 N–H and O–H groups in total. The summed E-state index contributed by atoms with van der Waals surface area (Å²) in [5.41, 5.74) is 0.0106. The van der Waals surface area contributed by atoms with Crippen molar-refractivity contribution in [1.29, 1.82) is 0 Å². The fourth-order valence-electron chi connectivity index (χ4n) is 1.71. The van der Waals surface area contributed by atoms with Crippen LogP contribution in [0.25, 0.3) is 0 Å². The zero-order valence-electron chi connectivity index (χ0n) is 11.0. The maximum Gasteiger partial charge on any atom is 0.341 e. The van der Waals surface area contributed by atoms with Gasteiger partial charge in [-0.1, -0.05) is 23.7 Å². The van der Waals surface area contributed by atoms with E-state index < -0.39 is 26.4 Å². The van der Waals surface area contributed by atoms with Gasteiger partial charge in [-0.2, -0.15) is 8.78 Å². The minimum absolute atomic E-state index is 0.206. The van der Waals surface area contributed by atoms with Crippen molar-refractivity contribution in [3.63, 3.8) is 0 Å². The van der Waals surface area contributed by atoms with Crippen LogP contribution < -0.4 is 5.32 Å². The lowest BCUT2D eigenvalue weighted by molar-refractivity contribution is 0.102. The number of nitrogens with one attached hydrogen (secondary N) is 1. The molecule has 0 bridgehead atoms. The highest BCUT2D eigenvalue weighted by atomic mass is 35.5. The summed E-state index contributed by atoms with van der Waals surface area (Å²) < 4.78 is 48.5. The summed E-state index contributed by atoms with van der Waals surface area (Å²) in [7, 11) is -4.81. The summed E-state index contributed by atoms with van der Waals surface area (Å²) in [5, 5.41) is 2.74. The zero-order valence-corrected chi connectivity index (χ0v) is 12.5. The van der Waals surface area contributed by atoms with Crippen molar-refractivity contribution in [2.24, 2.45) is 0 Å². The molecule has 8 heteroatoms. The molecule has 2 aromatic rings. The molecule has 0 saturated heterocycles. The van der Waals surface area contributed by atoms with Gasteiger partial charge in [-0.15, -0.1) is 0 Å². The van der Waals surface area contributed by atoms with Gasteiger partial charge in [-0.05, 0) is 36.4 Å². The Kier molecular flexibility index (Phi) is 4.77. The summed E-state index contributed by atoms with van der Waals surface area (Å²) in [5.74, 6) is -4.20. The normalized spacial score (nSPS) is 11.5. The number of carbonyl (C=O) groups excluding carboxylic acids is 1. The molecule has 0 aliphatic heterocycles. The Hall–Kier alpha value is -1.99. The number of hydrogen-bond donors (Lipinski definition) is 1. The third kappa shape index (κ3) is 3.42. The van der Waals surface area contributed by atoms with E-state index in [1.807, 2.05) is 0 Å². The molecule has 0 atom stereocenters. The largest absolute Gasteiger partial charge is 0.341 e. The van der Waals surface area contributed by atoms with Gasteiger partial charge in [0.25, 0.3) is 5.91 Å². The summed E-state index contributed by atoms with van der Waals surface area (Å²) in [6, 6.07) is 10.8. The van der Waals surface area contributed by atoms with Gasteiger partial charge in [-0.3, -0.25) is 4.79 Å². The molecule has 0 heterocycles. The smallest absolute Gasteiger partial charge is 0.321 e. The second kappa shape index (κ2) is 6.41. The monoisotopic (exact) mass is 345 g/mol. The Morgan fingerprint density at radius 3 is 2.23 bits per heavy atom. The van der Waals surface area contributed by atoms with Gasteiger partial charge in [0.1, 0.15) is 0 Å². The number of amides is 1. The maximum absolute atomic E-state index is 12.7. The topological polar surface area (TPSA) is 63.2 Å². The highest BCUT2D eigenvalue weighted by Crippen LogP contribution is 2.26. The van der Waals surface area contributed by atoms with Crippen molar-refractivity contribution < 1.29 is 22.0 Å². The minimum Gasteiger partial charge on any atom is -0.321 e. The number of sulfone groups is 1. The summed E-state index contributed by atoms with van der Waals surface area (Å²) in [6.45, 7) is 0. The first kappa shape index (κ1) is 16.4. The van der Waals surface area contributed by atoms with Crippen LogP contribution in [0, 0.1) is 0 Å². The van der Waals surface area contributed by atoms with Crippen LogP contribution in [-0.4, -0.2) is 20.1 Å². The zero-order chi connectivity index (χ0) is 16.3. The molecule has 0 fully saturated rings. The van der Waals surface area contributed by atoms with Crippen LogP contribution in [0.4, 0.5) is 14.5 Å². The van der Waals surface area contributed by atoms with E-state index in [2.05, 4.69) is 5.32 Å². The van der Waals surface area contributed by atoms with E-state index in [9.17, 15) is 22.0 Å². The van der Waals surface area contributed by atoms with E-state index in [4.69, 9.17) is 11.6 Å². The van der Waals surface area contributed by atoms with Crippen LogP contribution in [0.1, 0.15) is 10.4 Å². The SMILES string of the molecule is O=C(Nc1ccccc1S(=O)(=O)C(F)F)c1ccc(Cl)cc1. The summed E-state index contributed by atoms with van der Waals surface area (Å²) in [4.78, 5) is 11.4. The molecule has 4 nitrogen and oxygen atoms in total. The maximum atomic E-state index is 12.7. The number of anilines is 1. The Bertz CT molecular complexity index is 792. The molecule has 1 amide bonds. The van der Waals surface area contributed by atoms with Gasteiger partial charge in [0.15, 0.2) is 0 Å². The lowest BCUT2D eigenvalue weighted by atomic mass is 10.2. The third-order valence-corrected chi connectivity index (χ3v) is 4.47. The van der Waals surface area contributed by atoms with Crippen LogP contribution in [0.3, 0.4) is 0 Å². The molecular weight excluding hydrogens is 336 g/mol. The predicted octanol–water partition coefficient (Wildman–Crippen LogP) is 3.59. The van der Waals surface area contributed by atoms with Crippen LogP contribution in [0.5, 0.6) is 0 Å². The highest BCUT2D eigenvalue weighted by Gasteiger charge is 2.29. The number of carbonyl (C=O) groups is 1. The van der Waals surface area contributed by atoms with Crippen molar-refractivity contribution in [2.45, 2.75) is 10.7 Å². The third-order valence-electron chi connectivity index (χ3n) is 2.78. The predicted molar refractivity (Wildman–Crippen MR) is 79.0 cm³/mol. The van der Waals surface area contributed by atoms with Crippen molar-refractivity contribution >= 4 is 33.0 Å². The number of benzene rings is 2. The van der Waals surface area contributed by atoms with Gasteiger partial charge in [0, 0.05) is 10.6 Å². The fraction of sp³-hybridized carbons (Fsp3) is 0.0714. The molecule has 0 aliphatic rings. The number of halogens is 3. The standard InChI is InChI=1S/C14H10ClF2NO3S/c15-10-7-5-9(6-8-10)13(19)18-11-3-1-2-4-12(11)22(20,21)14(16)17/h1-8,14H,(H,18,19). The van der Waals surface area contributed by atoms with E-state index >= 15 is 0 Å². The van der Waals surface area contributed by atoms with Crippen LogP contribution in [0.2, 0.25) is 5.02 Å². The Labute approximate surface area is 130 Å². The van der Waals surface area contributed by atoms with Crippen molar-refractivity contribution in [3.05, 3.63) is 59.1 Å². The lowest BCUT2D eigenvalue weighted by Gasteiger charge is -2.11. The molecule has 0 radical (unpaired) electrons. The van der Waals surface area contributed by atoms with Gasteiger partial charge < -0.3 is 5.32 Å². The van der Waals surface area contributed by atoms with Gasteiger partial charge in [0.05, 0.1) is 10.6 Å². The van der Waals surface area contributed by atoms with Crippen molar-refractivity contribution in [2.75, 3.05) is 5.32 Å². The molecule has 2 rings (SSSR count). The molecule has 0 saturated carbocycles. The minimum atomic E-state index is -4.81.